The zero-order chi connectivity index (χ0) is 15.6. The Morgan fingerprint density at radius 1 is 1.29 bits per heavy atom. The van der Waals surface area contributed by atoms with Gasteiger partial charge in [0.1, 0.15) is 5.60 Å². The highest BCUT2D eigenvalue weighted by Crippen LogP contribution is 2.22. The number of aromatic nitrogens is 1. The van der Waals surface area contributed by atoms with Gasteiger partial charge in [-0.25, -0.2) is 9.78 Å². The fourth-order valence-electron chi connectivity index (χ4n) is 1.89. The molecule has 2 aromatic rings. The van der Waals surface area contributed by atoms with Gasteiger partial charge in [-0.1, -0.05) is 18.2 Å². The molecule has 0 aliphatic rings. The number of carbonyl (C=O) groups excluding carboxylic acids is 1. The number of hydrogen-bond donors (Lipinski definition) is 0. The lowest BCUT2D eigenvalue weighted by Gasteiger charge is -2.24. The van der Waals surface area contributed by atoms with Crippen molar-refractivity contribution in [2.24, 2.45) is 0 Å². The molecule has 0 N–H and O–H groups in total. The second kappa shape index (κ2) is 6.02. The summed E-state index contributed by atoms with van der Waals surface area (Å²) in [7, 11) is 1.71. The van der Waals surface area contributed by atoms with E-state index in [-0.39, 0.29) is 6.09 Å². The molecule has 0 saturated heterocycles. The summed E-state index contributed by atoms with van der Waals surface area (Å²) in [6.07, 6.45) is -0.350. The molecule has 1 aromatic heterocycles. The van der Waals surface area contributed by atoms with E-state index < -0.39 is 5.60 Å². The topological polar surface area (TPSA) is 42.4 Å². The third kappa shape index (κ3) is 4.17. The fourth-order valence-corrected chi connectivity index (χ4v) is 2.36. The summed E-state index contributed by atoms with van der Waals surface area (Å²) in [5.74, 6) is 0. The van der Waals surface area contributed by atoms with Gasteiger partial charge >= 0.3 is 6.09 Å². The summed E-state index contributed by atoms with van der Waals surface area (Å²) in [5, 5.41) is 1.06. The minimum Gasteiger partial charge on any atom is -0.444 e. The smallest absolute Gasteiger partial charge is 0.410 e. The van der Waals surface area contributed by atoms with E-state index in [1.54, 1.807) is 7.05 Å². The monoisotopic (exact) mass is 350 g/mol. The lowest BCUT2D eigenvalue weighted by molar-refractivity contribution is 0.0283. The molecular formula is C16H19BrN2O2. The van der Waals surface area contributed by atoms with Gasteiger partial charge in [0, 0.05) is 16.9 Å². The average molecular weight is 351 g/mol. The highest BCUT2D eigenvalue weighted by molar-refractivity contribution is 9.10. The molecule has 0 atom stereocenters. The Hall–Kier alpha value is -1.62. The maximum atomic E-state index is 12.0. The maximum absolute atomic E-state index is 12.0. The summed E-state index contributed by atoms with van der Waals surface area (Å²) in [6.45, 7) is 5.96. The van der Waals surface area contributed by atoms with Crippen LogP contribution in [0.2, 0.25) is 0 Å². The minimum absolute atomic E-state index is 0.350. The first kappa shape index (κ1) is 15.8. The second-order valence-electron chi connectivity index (χ2n) is 5.95. The highest BCUT2D eigenvalue weighted by atomic mass is 79.9. The molecule has 0 fully saturated rings. The predicted molar refractivity (Wildman–Crippen MR) is 87.1 cm³/mol. The number of carbonyl (C=O) groups is 1. The van der Waals surface area contributed by atoms with Gasteiger partial charge in [-0.3, -0.25) is 0 Å². The van der Waals surface area contributed by atoms with Gasteiger partial charge in [-0.15, -0.1) is 0 Å². The Morgan fingerprint density at radius 3 is 2.67 bits per heavy atom. The number of rotatable bonds is 2. The molecular weight excluding hydrogens is 332 g/mol. The van der Waals surface area contributed by atoms with E-state index in [0.29, 0.717) is 6.54 Å². The zero-order valence-electron chi connectivity index (χ0n) is 12.7. The van der Waals surface area contributed by atoms with Crippen LogP contribution in [0.4, 0.5) is 4.79 Å². The molecule has 0 bridgehead atoms. The number of halogens is 1. The second-order valence-corrected chi connectivity index (χ2v) is 6.80. The molecule has 0 saturated carbocycles. The van der Waals surface area contributed by atoms with Crippen LogP contribution < -0.4 is 0 Å². The number of ether oxygens (including phenoxy) is 1. The Bertz CT molecular complexity index is 665. The van der Waals surface area contributed by atoms with E-state index >= 15 is 0 Å². The van der Waals surface area contributed by atoms with Crippen LogP contribution in [-0.4, -0.2) is 28.6 Å². The summed E-state index contributed by atoms with van der Waals surface area (Å²) < 4.78 is 6.28. The molecule has 0 aliphatic carbocycles. The highest BCUT2D eigenvalue weighted by Gasteiger charge is 2.20. The van der Waals surface area contributed by atoms with Crippen molar-refractivity contribution in [2.75, 3.05) is 7.05 Å². The van der Waals surface area contributed by atoms with Crippen molar-refractivity contribution in [3.8, 4) is 0 Å². The molecule has 0 spiro atoms. The zero-order valence-corrected chi connectivity index (χ0v) is 14.3. The van der Waals surface area contributed by atoms with Crippen LogP contribution in [0.3, 0.4) is 0 Å². The van der Waals surface area contributed by atoms with Gasteiger partial charge in [0.2, 0.25) is 0 Å². The van der Waals surface area contributed by atoms with Gasteiger partial charge in [-0.05, 0) is 48.8 Å². The van der Waals surface area contributed by atoms with Crippen molar-refractivity contribution < 1.29 is 9.53 Å². The molecule has 1 amide bonds. The van der Waals surface area contributed by atoms with Crippen molar-refractivity contribution >= 4 is 32.9 Å². The van der Waals surface area contributed by atoms with Gasteiger partial charge in [-0.2, -0.15) is 0 Å². The number of amides is 1. The summed E-state index contributed by atoms with van der Waals surface area (Å²) in [4.78, 5) is 18.1. The van der Waals surface area contributed by atoms with Crippen LogP contribution in [0.1, 0.15) is 26.5 Å². The lowest BCUT2D eigenvalue weighted by Crippen LogP contribution is -2.34. The molecule has 4 nitrogen and oxygen atoms in total. The van der Waals surface area contributed by atoms with Gasteiger partial charge < -0.3 is 9.64 Å². The molecule has 21 heavy (non-hydrogen) atoms. The van der Waals surface area contributed by atoms with Crippen molar-refractivity contribution in [2.45, 2.75) is 32.9 Å². The number of pyridine rings is 1. The fraction of sp³-hybridized carbons (Fsp3) is 0.375. The van der Waals surface area contributed by atoms with Gasteiger partial charge in [0.25, 0.3) is 0 Å². The summed E-state index contributed by atoms with van der Waals surface area (Å²) >= 11 is 3.50. The van der Waals surface area contributed by atoms with Crippen LogP contribution >= 0.6 is 15.9 Å². The molecule has 2 rings (SSSR count). The predicted octanol–water partition coefficient (Wildman–Crippen LogP) is 4.36. The largest absolute Gasteiger partial charge is 0.444 e. The first-order valence-electron chi connectivity index (χ1n) is 6.74. The normalized spacial score (nSPS) is 11.5. The van der Waals surface area contributed by atoms with E-state index in [4.69, 9.17) is 4.74 Å². The Balaban J connectivity index is 2.16. The van der Waals surface area contributed by atoms with E-state index in [0.717, 1.165) is 21.1 Å². The van der Waals surface area contributed by atoms with Crippen molar-refractivity contribution in [1.29, 1.82) is 0 Å². The van der Waals surface area contributed by atoms with Crippen LogP contribution in [0, 0.1) is 0 Å². The van der Waals surface area contributed by atoms with E-state index in [1.807, 2.05) is 51.1 Å². The Morgan fingerprint density at radius 2 is 2.00 bits per heavy atom. The van der Waals surface area contributed by atoms with Crippen molar-refractivity contribution in [3.63, 3.8) is 0 Å². The van der Waals surface area contributed by atoms with Crippen LogP contribution in [-0.2, 0) is 11.3 Å². The summed E-state index contributed by atoms with van der Waals surface area (Å²) in [5.41, 5.74) is 1.22. The summed E-state index contributed by atoms with van der Waals surface area (Å²) in [6, 6.07) is 9.87. The molecule has 0 radical (unpaired) electrons. The Kier molecular flexibility index (Phi) is 4.52. The van der Waals surface area contributed by atoms with Crippen LogP contribution in [0.5, 0.6) is 0 Å². The van der Waals surface area contributed by atoms with Crippen LogP contribution in [0.25, 0.3) is 10.9 Å². The molecule has 1 aromatic carbocycles. The van der Waals surface area contributed by atoms with Crippen molar-refractivity contribution in [1.82, 2.24) is 9.88 Å². The number of para-hydroxylation sites is 1. The van der Waals surface area contributed by atoms with E-state index in [9.17, 15) is 4.79 Å². The third-order valence-corrected chi connectivity index (χ3v) is 3.47. The van der Waals surface area contributed by atoms with Gasteiger partial charge in [0.05, 0.1) is 17.8 Å². The Labute approximate surface area is 133 Å². The lowest BCUT2D eigenvalue weighted by atomic mass is 10.2. The number of fused-ring (bicyclic) bond motifs is 1. The van der Waals surface area contributed by atoms with Crippen molar-refractivity contribution in [3.05, 3.63) is 40.5 Å². The average Bonchev–Trinajstić information content (AvgIpc) is 2.37. The number of benzene rings is 1. The molecule has 112 valence electrons. The SMILES string of the molecule is CN(Cc1ccc2cccc(Br)c2n1)C(=O)OC(C)(C)C. The number of nitrogens with zero attached hydrogens (tertiary/aromatic N) is 2. The maximum Gasteiger partial charge on any atom is 0.410 e. The quantitative estimate of drug-likeness (QED) is 0.807. The number of hydrogen-bond acceptors (Lipinski definition) is 3. The van der Waals surface area contributed by atoms with E-state index in [2.05, 4.69) is 20.9 Å². The van der Waals surface area contributed by atoms with Crippen LogP contribution in [0.15, 0.2) is 34.8 Å². The van der Waals surface area contributed by atoms with Gasteiger partial charge in [0.15, 0.2) is 0 Å². The molecule has 1 heterocycles. The minimum atomic E-state index is -0.495. The first-order valence-corrected chi connectivity index (χ1v) is 7.54. The van der Waals surface area contributed by atoms with E-state index in [1.165, 1.54) is 4.90 Å². The standard InChI is InChI=1S/C16H19BrN2O2/c1-16(2,3)21-15(20)19(4)10-12-9-8-11-6-5-7-13(17)14(11)18-12/h5-9H,10H2,1-4H3. The third-order valence-electron chi connectivity index (χ3n) is 2.83. The molecule has 0 unspecified atom stereocenters. The molecule has 0 aliphatic heterocycles. The molecule has 5 heteroatoms. The first-order chi connectivity index (χ1) is 9.76.